The second kappa shape index (κ2) is 17.1. The lowest BCUT2D eigenvalue weighted by Gasteiger charge is -2.21. The van der Waals surface area contributed by atoms with Crippen LogP contribution in [0.4, 0.5) is 5.69 Å². The molecule has 2 heterocycles. The van der Waals surface area contributed by atoms with Crippen LogP contribution in [0.2, 0.25) is 0 Å². The predicted molar refractivity (Wildman–Crippen MR) is 220 cm³/mol. The Balaban J connectivity index is 1.01. The van der Waals surface area contributed by atoms with Crippen LogP contribution in [0.25, 0.3) is 22.2 Å². The van der Waals surface area contributed by atoms with Crippen LogP contribution in [0.3, 0.4) is 0 Å². The zero-order valence-electron chi connectivity index (χ0n) is 32.1. The second-order valence-corrected chi connectivity index (χ2v) is 16.2. The van der Waals surface area contributed by atoms with Gasteiger partial charge in [0.15, 0.2) is 0 Å². The summed E-state index contributed by atoms with van der Waals surface area (Å²) < 4.78 is 41.5. The van der Waals surface area contributed by atoms with Crippen LogP contribution in [0.15, 0.2) is 121 Å². The number of carbonyl (C=O) groups is 4. The molecule has 1 saturated heterocycles. The third kappa shape index (κ3) is 9.27. The van der Waals surface area contributed by atoms with Gasteiger partial charge in [-0.3, -0.25) is 19.2 Å². The number of ether oxygens (including phenoxy) is 2. The van der Waals surface area contributed by atoms with Gasteiger partial charge in [-0.25, -0.2) is 18.1 Å². The Labute approximate surface area is 341 Å². The molecule has 3 amide bonds. The fourth-order valence-corrected chi connectivity index (χ4v) is 8.47. The maximum atomic E-state index is 13.8. The molecule has 1 aliphatic heterocycles. The number of benzene rings is 4. The molecule has 1 unspecified atom stereocenters. The van der Waals surface area contributed by atoms with Crippen LogP contribution in [-0.2, 0) is 42.0 Å². The van der Waals surface area contributed by atoms with Gasteiger partial charge in [-0.15, -0.1) is 6.58 Å². The Morgan fingerprint density at radius 2 is 1.73 bits per heavy atom. The molecule has 0 radical (unpaired) electrons. The monoisotopic (exact) mass is 817 g/mol. The standard InChI is InChI=1S/C44H43N5O9S/c1-3-30-25-44(30,43(54)49-59(55,56)39-15-8-7-14-34(39)47-40(50)21-28-11-9-10-27(20-28)16-19-41(51)52)48-42(53)37-23-32(26-45-37)58-38-24-35(29-12-5-4-6-13-29)46-36-22-31(57-2)17-18-33(36)38/h3-15,17-18,20,22,24,30,32,37,45H,1,16,19,21,23,25-26H2,2H3,(H,47,50)(H,48,53)(H,49,54)(H,51,52)/t30-,32?,37+,44-/m1/s1. The fourth-order valence-electron chi connectivity index (χ4n) is 7.27. The Bertz CT molecular complexity index is 2550. The summed E-state index contributed by atoms with van der Waals surface area (Å²) in [7, 11) is -2.97. The highest BCUT2D eigenvalue weighted by molar-refractivity contribution is 7.90. The molecule has 1 saturated carbocycles. The average Bonchev–Trinajstić information content (AvgIpc) is 3.75. The third-order valence-electron chi connectivity index (χ3n) is 10.5. The van der Waals surface area contributed by atoms with Crippen molar-refractivity contribution in [2.45, 2.75) is 54.7 Å². The predicted octanol–water partition coefficient (Wildman–Crippen LogP) is 4.78. The number of anilines is 1. The van der Waals surface area contributed by atoms with Gasteiger partial charge in [0.2, 0.25) is 11.8 Å². The molecule has 0 bridgehead atoms. The molecule has 0 spiro atoms. The number of hydrogen-bond donors (Lipinski definition) is 5. The van der Waals surface area contributed by atoms with Crippen molar-refractivity contribution < 1.29 is 42.2 Å². The maximum Gasteiger partial charge on any atom is 0.303 e. The number of carboxylic acids is 1. The molecule has 7 rings (SSSR count). The zero-order valence-corrected chi connectivity index (χ0v) is 33.0. The molecule has 14 nitrogen and oxygen atoms in total. The number of nitrogens with one attached hydrogen (secondary N) is 4. The first kappa shape index (κ1) is 40.6. The van der Waals surface area contributed by atoms with E-state index in [2.05, 4.69) is 27.3 Å². The van der Waals surface area contributed by atoms with Gasteiger partial charge in [-0.1, -0.05) is 72.8 Å². The molecule has 4 atom stereocenters. The molecule has 4 aromatic carbocycles. The van der Waals surface area contributed by atoms with Crippen molar-refractivity contribution in [3.05, 3.63) is 127 Å². The van der Waals surface area contributed by atoms with E-state index in [1.807, 2.05) is 54.6 Å². The summed E-state index contributed by atoms with van der Waals surface area (Å²) in [5.74, 6) is -2.20. The number of methoxy groups -OCH3 is 1. The lowest BCUT2D eigenvalue weighted by molar-refractivity contribution is -0.137. The second-order valence-electron chi connectivity index (χ2n) is 14.6. The first-order chi connectivity index (χ1) is 28.4. The van der Waals surface area contributed by atoms with Crippen LogP contribution in [-0.4, -0.2) is 73.5 Å². The third-order valence-corrected chi connectivity index (χ3v) is 11.9. The smallest absolute Gasteiger partial charge is 0.303 e. The zero-order chi connectivity index (χ0) is 41.7. The number of hydrogen-bond acceptors (Lipinski definition) is 10. The number of para-hydroxylation sites is 1. The highest BCUT2D eigenvalue weighted by atomic mass is 32.2. The van der Waals surface area contributed by atoms with Gasteiger partial charge in [0, 0.05) is 48.4 Å². The average molecular weight is 818 g/mol. The summed E-state index contributed by atoms with van der Waals surface area (Å²) in [5, 5.41) is 18.4. The van der Waals surface area contributed by atoms with Crippen molar-refractivity contribution >= 4 is 50.3 Å². The molecule has 15 heteroatoms. The first-order valence-electron chi connectivity index (χ1n) is 19.0. The topological polar surface area (TPSA) is 202 Å². The summed E-state index contributed by atoms with van der Waals surface area (Å²) in [6.45, 7) is 4.11. The molecule has 1 aromatic heterocycles. The normalized spacial score (nSPS) is 19.6. The quantitative estimate of drug-likeness (QED) is 0.0858. The van der Waals surface area contributed by atoms with Gasteiger partial charge in [0.25, 0.3) is 15.9 Å². The van der Waals surface area contributed by atoms with Gasteiger partial charge in [-0.2, -0.15) is 0 Å². The van der Waals surface area contributed by atoms with E-state index in [1.54, 1.807) is 37.4 Å². The lowest BCUT2D eigenvalue weighted by atomic mass is 10.0. The summed E-state index contributed by atoms with van der Waals surface area (Å²) in [4.78, 5) is 56.1. The molecule has 5 aromatic rings. The van der Waals surface area contributed by atoms with E-state index in [0.717, 1.165) is 16.5 Å². The van der Waals surface area contributed by atoms with Gasteiger partial charge < -0.3 is 30.5 Å². The molecule has 59 heavy (non-hydrogen) atoms. The van der Waals surface area contributed by atoms with E-state index >= 15 is 0 Å². The Morgan fingerprint density at radius 1 is 0.966 bits per heavy atom. The van der Waals surface area contributed by atoms with E-state index < -0.39 is 57.3 Å². The van der Waals surface area contributed by atoms with E-state index in [9.17, 15) is 27.6 Å². The van der Waals surface area contributed by atoms with Gasteiger partial charge in [-0.05, 0) is 48.2 Å². The number of sulfonamides is 1. The number of nitrogens with zero attached hydrogens (tertiary/aromatic N) is 1. The Kier molecular flexibility index (Phi) is 11.8. The van der Waals surface area contributed by atoms with E-state index in [0.29, 0.717) is 41.2 Å². The van der Waals surface area contributed by atoms with Crippen molar-refractivity contribution in [2.24, 2.45) is 5.92 Å². The van der Waals surface area contributed by atoms with Crippen molar-refractivity contribution in [3.63, 3.8) is 0 Å². The van der Waals surface area contributed by atoms with Crippen molar-refractivity contribution in [2.75, 3.05) is 19.0 Å². The maximum absolute atomic E-state index is 13.8. The highest BCUT2D eigenvalue weighted by Gasteiger charge is 2.61. The minimum atomic E-state index is -4.55. The van der Waals surface area contributed by atoms with Crippen molar-refractivity contribution in [1.29, 1.82) is 0 Å². The molecular formula is C44H43N5O9S. The summed E-state index contributed by atoms with van der Waals surface area (Å²) >= 11 is 0. The number of aromatic nitrogens is 1. The molecule has 304 valence electrons. The van der Waals surface area contributed by atoms with Gasteiger partial charge in [0.1, 0.15) is 28.0 Å². The molecule has 5 N–H and O–H groups in total. The SMILES string of the molecule is C=C[C@@H]1C[C@]1(NC(=O)[C@@H]1CC(Oc2cc(-c3ccccc3)nc3cc(OC)ccc23)CN1)C(=O)NS(=O)(=O)c1ccccc1NC(=O)Cc1cccc(CCC(=O)O)c1. The van der Waals surface area contributed by atoms with Crippen molar-refractivity contribution in [1.82, 2.24) is 20.3 Å². The lowest BCUT2D eigenvalue weighted by Crippen LogP contribution is -2.55. The molecule has 1 aliphatic carbocycles. The number of rotatable bonds is 16. The number of pyridine rings is 1. The number of carbonyl (C=O) groups excluding carboxylic acids is 3. The fraction of sp³-hybridized carbons (Fsp3) is 0.250. The minimum absolute atomic E-state index is 0.0489. The summed E-state index contributed by atoms with van der Waals surface area (Å²) in [5.41, 5.74) is 2.02. The molecular weight excluding hydrogens is 775 g/mol. The number of fused-ring (bicyclic) bond motifs is 1. The summed E-state index contributed by atoms with van der Waals surface area (Å²) in [6, 6.07) is 28.9. The van der Waals surface area contributed by atoms with E-state index in [-0.39, 0.29) is 36.3 Å². The molecule has 2 fully saturated rings. The number of carboxylic acid groups (broad SMARTS) is 1. The van der Waals surface area contributed by atoms with Crippen LogP contribution < -0.4 is 30.1 Å². The number of aryl methyl sites for hydroxylation is 1. The summed E-state index contributed by atoms with van der Waals surface area (Å²) in [6.07, 6.45) is 1.60. The van der Waals surface area contributed by atoms with Crippen LogP contribution >= 0.6 is 0 Å². The van der Waals surface area contributed by atoms with E-state index in [4.69, 9.17) is 19.6 Å². The minimum Gasteiger partial charge on any atom is -0.497 e. The first-order valence-corrected chi connectivity index (χ1v) is 20.5. The molecule has 2 aliphatic rings. The van der Waals surface area contributed by atoms with Gasteiger partial charge >= 0.3 is 5.97 Å². The Hall–Kier alpha value is -6.58. The number of amides is 3. The van der Waals surface area contributed by atoms with Crippen molar-refractivity contribution in [3.8, 4) is 22.8 Å². The van der Waals surface area contributed by atoms with E-state index in [1.165, 1.54) is 24.3 Å². The van der Waals surface area contributed by atoms with Crippen LogP contribution in [0, 0.1) is 5.92 Å². The van der Waals surface area contributed by atoms with Gasteiger partial charge in [0.05, 0.1) is 36.5 Å². The highest BCUT2D eigenvalue weighted by Crippen LogP contribution is 2.45. The Morgan fingerprint density at radius 3 is 2.47 bits per heavy atom. The number of aliphatic carboxylic acids is 1. The van der Waals surface area contributed by atoms with Crippen LogP contribution in [0.5, 0.6) is 11.5 Å². The largest absolute Gasteiger partial charge is 0.497 e. The van der Waals surface area contributed by atoms with Crippen LogP contribution in [0.1, 0.15) is 30.4 Å².